The lowest BCUT2D eigenvalue weighted by Gasteiger charge is -2.42. The molecule has 0 amide bonds. The summed E-state index contributed by atoms with van der Waals surface area (Å²) >= 11 is 0. The second-order valence-electron chi connectivity index (χ2n) is 4.62. The van der Waals surface area contributed by atoms with E-state index in [4.69, 9.17) is 10.5 Å². The Bertz CT molecular complexity index is 394. The van der Waals surface area contributed by atoms with Crippen molar-refractivity contribution in [2.45, 2.75) is 31.6 Å². The SMILES string of the molecule is COc1c(C2(CN)CCC2)ccc(C)c1F. The molecule has 88 valence electrons. The van der Waals surface area contributed by atoms with Gasteiger partial charge in [-0.1, -0.05) is 18.6 Å². The molecule has 1 aromatic rings. The highest BCUT2D eigenvalue weighted by Gasteiger charge is 2.40. The van der Waals surface area contributed by atoms with Gasteiger partial charge in [-0.05, 0) is 25.3 Å². The largest absolute Gasteiger partial charge is 0.493 e. The van der Waals surface area contributed by atoms with E-state index < -0.39 is 0 Å². The van der Waals surface area contributed by atoms with Gasteiger partial charge in [0.25, 0.3) is 0 Å². The third-order valence-corrected chi connectivity index (χ3v) is 3.77. The van der Waals surface area contributed by atoms with E-state index in [1.165, 1.54) is 7.11 Å². The highest BCUT2D eigenvalue weighted by molar-refractivity contribution is 5.45. The lowest BCUT2D eigenvalue weighted by atomic mass is 9.64. The van der Waals surface area contributed by atoms with Gasteiger partial charge in [0.1, 0.15) is 0 Å². The Kier molecular flexibility index (Phi) is 2.89. The first-order chi connectivity index (χ1) is 7.64. The standard InChI is InChI=1S/C13H18FNO/c1-9-4-5-10(12(16-2)11(9)14)13(8-15)6-3-7-13/h4-5H,3,6-8,15H2,1-2H3. The first-order valence-electron chi connectivity index (χ1n) is 5.68. The van der Waals surface area contributed by atoms with E-state index in [2.05, 4.69) is 0 Å². The molecular formula is C13H18FNO. The molecule has 2 nitrogen and oxygen atoms in total. The number of benzene rings is 1. The Morgan fingerprint density at radius 2 is 2.12 bits per heavy atom. The van der Waals surface area contributed by atoms with Crippen molar-refractivity contribution in [3.05, 3.63) is 29.1 Å². The minimum atomic E-state index is -0.250. The summed E-state index contributed by atoms with van der Waals surface area (Å²) in [4.78, 5) is 0. The zero-order valence-electron chi connectivity index (χ0n) is 9.85. The van der Waals surface area contributed by atoms with Crippen molar-refractivity contribution in [2.75, 3.05) is 13.7 Å². The fraction of sp³-hybridized carbons (Fsp3) is 0.538. The molecule has 1 fully saturated rings. The molecule has 2 N–H and O–H groups in total. The van der Waals surface area contributed by atoms with Crippen molar-refractivity contribution in [1.29, 1.82) is 0 Å². The van der Waals surface area contributed by atoms with Gasteiger partial charge in [0, 0.05) is 17.5 Å². The Balaban J connectivity index is 2.52. The van der Waals surface area contributed by atoms with Crippen LogP contribution in [0.4, 0.5) is 4.39 Å². The van der Waals surface area contributed by atoms with E-state index in [1.807, 2.05) is 12.1 Å². The maximum Gasteiger partial charge on any atom is 0.168 e. The number of aryl methyl sites for hydroxylation is 1. The monoisotopic (exact) mass is 223 g/mol. The molecule has 0 atom stereocenters. The summed E-state index contributed by atoms with van der Waals surface area (Å²) in [5, 5.41) is 0. The minimum Gasteiger partial charge on any atom is -0.493 e. The smallest absolute Gasteiger partial charge is 0.168 e. The lowest BCUT2D eigenvalue weighted by molar-refractivity contribution is 0.240. The Morgan fingerprint density at radius 1 is 1.44 bits per heavy atom. The molecule has 1 saturated carbocycles. The van der Waals surface area contributed by atoms with E-state index in [0.29, 0.717) is 17.9 Å². The lowest BCUT2D eigenvalue weighted by Crippen LogP contribution is -2.41. The molecule has 0 radical (unpaired) electrons. The van der Waals surface area contributed by atoms with Crippen LogP contribution in [0.15, 0.2) is 12.1 Å². The highest BCUT2D eigenvalue weighted by atomic mass is 19.1. The average molecular weight is 223 g/mol. The predicted octanol–water partition coefficient (Wildman–Crippen LogP) is 2.52. The van der Waals surface area contributed by atoms with Crippen molar-refractivity contribution in [1.82, 2.24) is 0 Å². The summed E-state index contributed by atoms with van der Waals surface area (Å²) in [6.07, 6.45) is 3.22. The van der Waals surface area contributed by atoms with Gasteiger partial charge < -0.3 is 10.5 Å². The third-order valence-electron chi connectivity index (χ3n) is 3.77. The quantitative estimate of drug-likeness (QED) is 0.854. The second-order valence-corrected chi connectivity index (χ2v) is 4.62. The van der Waals surface area contributed by atoms with Crippen LogP contribution in [0.25, 0.3) is 0 Å². The van der Waals surface area contributed by atoms with Crippen molar-refractivity contribution >= 4 is 0 Å². The topological polar surface area (TPSA) is 35.2 Å². The molecule has 0 bridgehead atoms. The molecule has 0 aliphatic heterocycles. The van der Waals surface area contributed by atoms with Gasteiger partial charge in [0.15, 0.2) is 11.6 Å². The molecule has 0 heterocycles. The van der Waals surface area contributed by atoms with Crippen LogP contribution in [0.2, 0.25) is 0 Å². The molecule has 3 heteroatoms. The summed E-state index contributed by atoms with van der Waals surface area (Å²) in [6.45, 7) is 2.31. The molecule has 0 spiro atoms. The molecule has 1 aliphatic rings. The highest BCUT2D eigenvalue weighted by Crippen LogP contribution is 2.47. The van der Waals surface area contributed by atoms with Gasteiger partial charge in [-0.3, -0.25) is 0 Å². The molecule has 0 unspecified atom stereocenters. The van der Waals surface area contributed by atoms with E-state index in [-0.39, 0.29) is 11.2 Å². The second kappa shape index (κ2) is 4.06. The summed E-state index contributed by atoms with van der Waals surface area (Å²) < 4.78 is 19.1. The number of ether oxygens (including phenoxy) is 1. The van der Waals surface area contributed by atoms with Gasteiger partial charge in [-0.15, -0.1) is 0 Å². The molecule has 1 aromatic carbocycles. The van der Waals surface area contributed by atoms with Crippen molar-refractivity contribution in [3.8, 4) is 5.75 Å². The minimum absolute atomic E-state index is 0.0557. The van der Waals surface area contributed by atoms with Gasteiger partial charge in [-0.2, -0.15) is 0 Å². The summed E-state index contributed by atoms with van der Waals surface area (Å²) in [5.74, 6) is 0.130. The Labute approximate surface area is 95.6 Å². The van der Waals surface area contributed by atoms with Gasteiger partial charge in [-0.25, -0.2) is 4.39 Å². The molecular weight excluding hydrogens is 205 g/mol. The van der Waals surface area contributed by atoms with E-state index in [1.54, 1.807) is 6.92 Å². The number of nitrogens with two attached hydrogens (primary N) is 1. The number of hydrogen-bond donors (Lipinski definition) is 1. The van der Waals surface area contributed by atoms with Gasteiger partial charge in [0.2, 0.25) is 0 Å². The van der Waals surface area contributed by atoms with Crippen LogP contribution in [-0.4, -0.2) is 13.7 Å². The number of halogens is 1. The number of rotatable bonds is 3. The van der Waals surface area contributed by atoms with Crippen molar-refractivity contribution in [3.63, 3.8) is 0 Å². The van der Waals surface area contributed by atoms with E-state index in [9.17, 15) is 4.39 Å². The van der Waals surface area contributed by atoms with Crippen LogP contribution in [0.3, 0.4) is 0 Å². The Hall–Kier alpha value is -1.09. The van der Waals surface area contributed by atoms with E-state index in [0.717, 1.165) is 24.8 Å². The fourth-order valence-corrected chi connectivity index (χ4v) is 2.46. The van der Waals surface area contributed by atoms with E-state index >= 15 is 0 Å². The van der Waals surface area contributed by atoms with Crippen LogP contribution < -0.4 is 10.5 Å². The van der Waals surface area contributed by atoms with Crippen molar-refractivity contribution in [2.24, 2.45) is 5.73 Å². The van der Waals surface area contributed by atoms with Crippen LogP contribution in [0.1, 0.15) is 30.4 Å². The zero-order valence-corrected chi connectivity index (χ0v) is 9.85. The molecule has 2 rings (SSSR count). The molecule has 1 aliphatic carbocycles. The van der Waals surface area contributed by atoms with Gasteiger partial charge >= 0.3 is 0 Å². The average Bonchev–Trinajstić information content (AvgIpc) is 2.23. The molecule has 0 aromatic heterocycles. The fourth-order valence-electron chi connectivity index (χ4n) is 2.46. The maximum atomic E-state index is 13.9. The molecule has 16 heavy (non-hydrogen) atoms. The Morgan fingerprint density at radius 3 is 2.56 bits per heavy atom. The van der Waals surface area contributed by atoms with Crippen molar-refractivity contribution < 1.29 is 9.13 Å². The summed E-state index contributed by atoms with van der Waals surface area (Å²) in [6, 6.07) is 3.77. The normalized spacial score (nSPS) is 18.0. The van der Waals surface area contributed by atoms with Crippen LogP contribution in [0.5, 0.6) is 5.75 Å². The first-order valence-corrected chi connectivity index (χ1v) is 5.68. The van der Waals surface area contributed by atoms with Crippen LogP contribution in [-0.2, 0) is 5.41 Å². The summed E-state index contributed by atoms with van der Waals surface area (Å²) in [7, 11) is 1.52. The number of hydrogen-bond acceptors (Lipinski definition) is 2. The molecule has 0 saturated heterocycles. The third kappa shape index (κ3) is 1.50. The zero-order chi connectivity index (χ0) is 11.8. The van der Waals surface area contributed by atoms with Gasteiger partial charge in [0.05, 0.1) is 7.11 Å². The number of methoxy groups -OCH3 is 1. The maximum absolute atomic E-state index is 13.9. The van der Waals surface area contributed by atoms with Crippen LogP contribution >= 0.6 is 0 Å². The first kappa shape index (κ1) is 11.4. The van der Waals surface area contributed by atoms with Crippen LogP contribution in [0, 0.1) is 12.7 Å². The summed E-state index contributed by atoms with van der Waals surface area (Å²) in [5.41, 5.74) is 7.33. The predicted molar refractivity (Wildman–Crippen MR) is 62.3 cm³/mol.